The van der Waals surface area contributed by atoms with Crippen molar-refractivity contribution in [1.29, 1.82) is 0 Å². The molecule has 0 unspecified atom stereocenters. The molecule has 0 spiro atoms. The molecule has 1 aromatic heterocycles. The number of rotatable bonds is 6. The van der Waals surface area contributed by atoms with E-state index in [4.69, 9.17) is 4.74 Å². The van der Waals surface area contributed by atoms with Gasteiger partial charge < -0.3 is 28.9 Å². The minimum absolute atomic E-state index is 0.0396. The topological polar surface area (TPSA) is 118 Å². The van der Waals surface area contributed by atoms with Gasteiger partial charge in [-0.1, -0.05) is 0 Å². The highest BCUT2D eigenvalue weighted by Gasteiger charge is 2.32. The highest BCUT2D eigenvalue weighted by Crippen LogP contribution is 2.39. The number of carboxylic acid groups (broad SMARTS) is 1. The fourth-order valence-corrected chi connectivity index (χ4v) is 4.24. The van der Waals surface area contributed by atoms with E-state index < -0.39 is 40.5 Å². The minimum atomic E-state index is -1.46. The van der Waals surface area contributed by atoms with Crippen molar-refractivity contribution in [2.24, 2.45) is 0 Å². The molecule has 1 aliphatic carbocycles. The van der Waals surface area contributed by atoms with E-state index in [1.807, 2.05) is 0 Å². The third kappa shape index (κ3) is 4.43. The Morgan fingerprint density at radius 1 is 1.09 bits per heavy atom. The number of halogens is 2. The number of carbonyl (C=O) groups is 3. The first-order chi connectivity index (χ1) is 16.7. The number of hydrogen-bond donors (Lipinski definition) is 1. The molecule has 1 aromatic carbocycles. The Morgan fingerprint density at radius 2 is 1.74 bits per heavy atom. The molecule has 0 amide bonds. The number of benzene rings is 1. The third-order valence-corrected chi connectivity index (χ3v) is 6.14. The van der Waals surface area contributed by atoms with Crippen LogP contribution < -0.4 is 10.3 Å². The van der Waals surface area contributed by atoms with Crippen LogP contribution in [0.15, 0.2) is 28.8 Å². The molecule has 4 rings (SSSR count). The van der Waals surface area contributed by atoms with E-state index >= 15 is 8.78 Å². The number of piperazine rings is 1. The van der Waals surface area contributed by atoms with Crippen LogP contribution in [-0.2, 0) is 19.1 Å². The Balaban J connectivity index is 1.71. The number of aromatic nitrogens is 1. The number of methoxy groups -OCH3 is 2. The summed E-state index contributed by atoms with van der Waals surface area (Å²) in [7, 11) is 2.33. The van der Waals surface area contributed by atoms with Crippen molar-refractivity contribution in [3.8, 4) is 0 Å². The molecule has 2 heterocycles. The molecule has 2 fully saturated rings. The van der Waals surface area contributed by atoms with Crippen molar-refractivity contribution in [2.75, 3.05) is 45.3 Å². The van der Waals surface area contributed by atoms with Gasteiger partial charge in [0.15, 0.2) is 5.82 Å². The smallest absolute Gasteiger partial charge is 0.354 e. The van der Waals surface area contributed by atoms with Gasteiger partial charge in [0, 0.05) is 38.4 Å². The molecule has 0 atom stereocenters. The second kappa shape index (κ2) is 9.35. The van der Waals surface area contributed by atoms with Crippen LogP contribution >= 0.6 is 0 Å². The first-order valence-electron chi connectivity index (χ1n) is 10.9. The molecule has 1 N–H and O–H groups in total. The lowest BCUT2D eigenvalue weighted by molar-refractivity contribution is -0.140. The number of carboxylic acids is 1. The molecule has 1 saturated carbocycles. The Bertz CT molecular complexity index is 1310. The molecular weight excluding hydrogens is 468 g/mol. The maximum Gasteiger partial charge on any atom is 0.354 e. The minimum Gasteiger partial charge on any atom is -0.477 e. The van der Waals surface area contributed by atoms with Crippen LogP contribution in [0, 0.1) is 11.6 Å². The number of carbonyl (C=O) groups excluding carboxylic acids is 2. The van der Waals surface area contributed by atoms with Crippen LogP contribution in [0.2, 0.25) is 0 Å². The zero-order valence-corrected chi connectivity index (χ0v) is 19.0. The lowest BCUT2D eigenvalue weighted by Crippen LogP contribution is -2.48. The lowest BCUT2D eigenvalue weighted by atomic mass is 10.1. The Labute approximate surface area is 197 Å². The highest BCUT2D eigenvalue weighted by molar-refractivity contribution is 5.96. The monoisotopic (exact) mass is 491 g/mol. The molecule has 2 aromatic rings. The summed E-state index contributed by atoms with van der Waals surface area (Å²) in [5.74, 6) is -4.92. The maximum atomic E-state index is 15.8. The summed E-state index contributed by atoms with van der Waals surface area (Å²) in [6.07, 6.45) is 3.48. The van der Waals surface area contributed by atoms with Crippen LogP contribution in [0.25, 0.3) is 10.9 Å². The van der Waals surface area contributed by atoms with E-state index in [2.05, 4.69) is 4.74 Å². The van der Waals surface area contributed by atoms with Gasteiger partial charge >= 0.3 is 17.9 Å². The molecule has 186 valence electrons. The van der Waals surface area contributed by atoms with Crippen LogP contribution in [0.5, 0.6) is 0 Å². The molecule has 0 radical (unpaired) electrons. The van der Waals surface area contributed by atoms with Gasteiger partial charge in [0.25, 0.3) is 0 Å². The normalized spacial score (nSPS) is 16.4. The van der Waals surface area contributed by atoms with Crippen molar-refractivity contribution in [2.45, 2.75) is 18.9 Å². The van der Waals surface area contributed by atoms with E-state index in [9.17, 15) is 24.3 Å². The van der Waals surface area contributed by atoms with E-state index in [1.54, 1.807) is 4.90 Å². The fourth-order valence-electron chi connectivity index (χ4n) is 4.24. The van der Waals surface area contributed by atoms with Gasteiger partial charge in [-0.2, -0.15) is 0 Å². The molecule has 12 heteroatoms. The van der Waals surface area contributed by atoms with Crippen LogP contribution in [0.1, 0.15) is 29.2 Å². The second-order valence-electron chi connectivity index (χ2n) is 8.25. The lowest BCUT2D eigenvalue weighted by Gasteiger charge is -2.37. The first-order valence-corrected chi connectivity index (χ1v) is 10.9. The summed E-state index contributed by atoms with van der Waals surface area (Å²) in [6.45, 7) is 0.468. The molecule has 35 heavy (non-hydrogen) atoms. The van der Waals surface area contributed by atoms with Crippen molar-refractivity contribution in [3.63, 3.8) is 0 Å². The molecule has 0 bridgehead atoms. The van der Waals surface area contributed by atoms with Gasteiger partial charge in [-0.3, -0.25) is 4.79 Å². The predicted octanol–water partition coefficient (Wildman–Crippen LogP) is 1.66. The van der Waals surface area contributed by atoms with Crippen LogP contribution in [-0.4, -0.2) is 72.9 Å². The standard InChI is InChI=1S/C23H23F2N3O7/c1-34-17(29)10-16(23(33)35-2)26-5-7-27(8-6-26)20-15(24)9-13-19(18(20)25)28(12-3-4-12)11-14(21(13)30)22(31)32/h9-12H,3-8H2,1-2H3,(H,31,32). The summed E-state index contributed by atoms with van der Waals surface area (Å²) in [5.41, 5.74) is -2.01. The summed E-state index contributed by atoms with van der Waals surface area (Å²) in [5, 5.41) is 9.04. The van der Waals surface area contributed by atoms with Gasteiger partial charge in [0.1, 0.15) is 22.8 Å². The van der Waals surface area contributed by atoms with Crippen molar-refractivity contribution in [3.05, 3.63) is 51.5 Å². The third-order valence-electron chi connectivity index (χ3n) is 6.14. The van der Waals surface area contributed by atoms with Crippen LogP contribution in [0.4, 0.5) is 14.5 Å². The van der Waals surface area contributed by atoms with Gasteiger partial charge in [0.05, 0.1) is 31.2 Å². The molecule has 10 nitrogen and oxygen atoms in total. The average molecular weight is 491 g/mol. The summed E-state index contributed by atoms with van der Waals surface area (Å²) in [4.78, 5) is 50.9. The summed E-state index contributed by atoms with van der Waals surface area (Å²) in [6, 6.07) is 0.706. The first kappa shape index (κ1) is 24.2. The Kier molecular flexibility index (Phi) is 6.46. The number of ether oxygens (including phenoxy) is 2. The number of nitrogens with zero attached hydrogens (tertiary/aromatic N) is 3. The van der Waals surface area contributed by atoms with Crippen molar-refractivity contribution in [1.82, 2.24) is 9.47 Å². The van der Waals surface area contributed by atoms with Gasteiger partial charge in [0.2, 0.25) is 5.43 Å². The molecule has 1 saturated heterocycles. The SMILES string of the molecule is COC(=O)C=C(C(=O)OC)N1CCN(c2c(F)cc3c(=O)c(C(=O)O)cn(C4CC4)c3c2F)CC1. The zero-order chi connectivity index (χ0) is 25.4. The van der Waals surface area contributed by atoms with Gasteiger partial charge in [-0.05, 0) is 18.9 Å². The quantitative estimate of drug-likeness (QED) is 0.475. The highest BCUT2D eigenvalue weighted by atomic mass is 19.1. The van der Waals surface area contributed by atoms with Crippen molar-refractivity contribution >= 4 is 34.5 Å². The summed E-state index contributed by atoms with van der Waals surface area (Å²) >= 11 is 0. The zero-order valence-electron chi connectivity index (χ0n) is 19.0. The van der Waals surface area contributed by atoms with E-state index in [-0.39, 0.29) is 54.5 Å². The Hall–Kier alpha value is -3.96. The second-order valence-corrected chi connectivity index (χ2v) is 8.25. The van der Waals surface area contributed by atoms with E-state index in [0.717, 1.165) is 25.4 Å². The largest absolute Gasteiger partial charge is 0.477 e. The number of esters is 2. The van der Waals surface area contributed by atoms with Crippen molar-refractivity contribution < 1.29 is 37.7 Å². The average Bonchev–Trinajstić information content (AvgIpc) is 3.68. The number of pyridine rings is 1. The number of aromatic carboxylic acids is 1. The molecule has 1 aliphatic heterocycles. The Morgan fingerprint density at radius 3 is 2.29 bits per heavy atom. The van der Waals surface area contributed by atoms with Gasteiger partial charge in [-0.15, -0.1) is 0 Å². The maximum absolute atomic E-state index is 15.8. The van der Waals surface area contributed by atoms with E-state index in [1.165, 1.54) is 16.6 Å². The fraction of sp³-hybridized carbons (Fsp3) is 0.391. The predicted molar refractivity (Wildman–Crippen MR) is 119 cm³/mol. The molecular formula is C23H23F2N3O7. The van der Waals surface area contributed by atoms with Gasteiger partial charge in [-0.25, -0.2) is 23.2 Å². The number of fused-ring (bicyclic) bond motifs is 1. The molecule has 2 aliphatic rings. The summed E-state index contributed by atoms with van der Waals surface area (Å²) < 4.78 is 41.6. The van der Waals surface area contributed by atoms with Crippen LogP contribution in [0.3, 0.4) is 0 Å². The van der Waals surface area contributed by atoms with E-state index in [0.29, 0.717) is 12.8 Å². The number of anilines is 1. The number of hydrogen-bond acceptors (Lipinski definition) is 8.